The zero-order valence-corrected chi connectivity index (χ0v) is 19.2. The quantitative estimate of drug-likeness (QED) is 0.482. The molecule has 5 heteroatoms. The van der Waals surface area contributed by atoms with Crippen LogP contribution in [0.15, 0.2) is 0 Å². The Morgan fingerprint density at radius 2 is 1.79 bits per heavy atom. The molecule has 0 aromatic heterocycles. The van der Waals surface area contributed by atoms with Crippen molar-refractivity contribution in [2.24, 2.45) is 0 Å². The molecule has 144 valence electrons. The zero-order chi connectivity index (χ0) is 18.8. The molecule has 0 aromatic rings. The van der Waals surface area contributed by atoms with E-state index in [4.69, 9.17) is 0 Å². The Morgan fingerprint density at radius 1 is 1.21 bits per heavy atom. The van der Waals surface area contributed by atoms with Crippen LogP contribution in [0.3, 0.4) is 0 Å². The van der Waals surface area contributed by atoms with Crippen molar-refractivity contribution in [1.29, 1.82) is 0 Å². The molecule has 1 N–H and O–H groups in total. The monoisotopic (exact) mass is 375 g/mol. The number of nitrogens with one attached hydrogen (secondary N) is 1. The van der Waals surface area contributed by atoms with E-state index in [1.54, 1.807) is 0 Å². The third-order valence-corrected chi connectivity index (χ3v) is 7.38. The lowest BCUT2D eigenvalue weighted by Crippen LogP contribution is -2.49. The topological polar surface area (TPSA) is 18.5 Å². The Bertz CT molecular complexity index is 376. The molecule has 3 nitrogen and oxygen atoms in total. The van der Waals surface area contributed by atoms with E-state index in [0.717, 1.165) is 6.42 Å². The van der Waals surface area contributed by atoms with Gasteiger partial charge in [-0.3, -0.25) is 9.03 Å². The highest BCUT2D eigenvalue weighted by Gasteiger charge is 2.39. The van der Waals surface area contributed by atoms with Crippen molar-refractivity contribution in [3.63, 3.8) is 0 Å². The maximum atomic E-state index is 4.59. The highest BCUT2D eigenvalue weighted by atomic mass is 32.2. The van der Waals surface area contributed by atoms with Crippen LogP contribution in [0.25, 0.3) is 0 Å². The van der Waals surface area contributed by atoms with E-state index >= 15 is 0 Å². The molecule has 0 radical (unpaired) electrons. The van der Waals surface area contributed by atoms with Crippen molar-refractivity contribution < 1.29 is 0 Å². The normalized spacial score (nSPS) is 25.8. The van der Waals surface area contributed by atoms with Crippen molar-refractivity contribution in [2.75, 3.05) is 14.1 Å². The summed E-state index contributed by atoms with van der Waals surface area (Å²) in [6.45, 7) is 16.3. The van der Waals surface area contributed by atoms with Crippen LogP contribution in [0.4, 0.5) is 0 Å². The van der Waals surface area contributed by atoms with Crippen molar-refractivity contribution in [1.82, 2.24) is 13.9 Å². The second-order valence-electron chi connectivity index (χ2n) is 9.56. The van der Waals surface area contributed by atoms with E-state index in [1.807, 2.05) is 11.9 Å². The fourth-order valence-corrected chi connectivity index (χ4v) is 4.66. The van der Waals surface area contributed by atoms with Crippen LogP contribution in [-0.4, -0.2) is 51.2 Å². The molecule has 0 bridgehead atoms. The smallest absolute Gasteiger partial charge is 0.0266 e. The minimum atomic E-state index is 0.0972. The van der Waals surface area contributed by atoms with E-state index in [2.05, 4.69) is 89.3 Å². The Hall–Kier alpha value is 0.580. The maximum absolute atomic E-state index is 4.59. The van der Waals surface area contributed by atoms with Crippen LogP contribution in [0.1, 0.15) is 80.6 Å². The van der Waals surface area contributed by atoms with Gasteiger partial charge in [-0.1, -0.05) is 38.1 Å². The Kier molecular flexibility index (Phi) is 8.02. The van der Waals surface area contributed by atoms with Gasteiger partial charge >= 0.3 is 0 Å². The molecule has 1 aliphatic heterocycles. The van der Waals surface area contributed by atoms with Gasteiger partial charge in [-0.15, -0.1) is 0 Å². The minimum absolute atomic E-state index is 0.0972. The molecular weight excluding hydrogens is 334 g/mol. The van der Waals surface area contributed by atoms with Crippen LogP contribution >= 0.6 is 24.8 Å². The predicted molar refractivity (Wildman–Crippen MR) is 114 cm³/mol. The van der Waals surface area contributed by atoms with Crippen LogP contribution in [0.5, 0.6) is 0 Å². The summed E-state index contributed by atoms with van der Waals surface area (Å²) in [5, 5.41) is 0. The van der Waals surface area contributed by atoms with Crippen LogP contribution in [0, 0.1) is 0 Å². The fraction of sp³-hybridized carbons (Fsp3) is 1.00. The molecule has 0 aliphatic carbocycles. The highest BCUT2D eigenvalue weighted by Crippen LogP contribution is 2.38. The number of rotatable bonds is 7. The molecule has 2 unspecified atom stereocenters. The number of nitrogens with zero attached hydrogens (tertiary/aromatic N) is 2. The Morgan fingerprint density at radius 3 is 2.29 bits per heavy atom. The summed E-state index contributed by atoms with van der Waals surface area (Å²) >= 11 is 6.51. The van der Waals surface area contributed by atoms with Crippen LogP contribution in [0.2, 0.25) is 0 Å². The Labute approximate surface area is 161 Å². The summed E-state index contributed by atoms with van der Waals surface area (Å²) in [4.78, 5) is 2.68. The summed E-state index contributed by atoms with van der Waals surface area (Å²) in [6.07, 6.45) is 6.04. The van der Waals surface area contributed by atoms with Gasteiger partial charge < -0.3 is 4.90 Å². The van der Waals surface area contributed by atoms with Crippen molar-refractivity contribution >= 4 is 24.8 Å². The summed E-state index contributed by atoms with van der Waals surface area (Å²) in [5.74, 6) is 0. The van der Waals surface area contributed by atoms with Crippen molar-refractivity contribution in [3.8, 4) is 0 Å². The molecule has 24 heavy (non-hydrogen) atoms. The second kappa shape index (κ2) is 8.51. The van der Waals surface area contributed by atoms with E-state index < -0.39 is 0 Å². The first-order valence-electron chi connectivity index (χ1n) is 9.39. The van der Waals surface area contributed by atoms with E-state index in [9.17, 15) is 0 Å². The predicted octanol–water partition coefficient (Wildman–Crippen LogP) is 4.99. The Balaban J connectivity index is 2.96. The molecule has 0 spiro atoms. The van der Waals surface area contributed by atoms with Gasteiger partial charge in [0.2, 0.25) is 0 Å². The van der Waals surface area contributed by atoms with Gasteiger partial charge in [-0.05, 0) is 81.3 Å². The lowest BCUT2D eigenvalue weighted by molar-refractivity contribution is 0.0915. The molecule has 1 heterocycles. The van der Waals surface area contributed by atoms with Gasteiger partial charge in [-0.2, -0.15) is 0 Å². The molecule has 0 saturated carbocycles. The average Bonchev–Trinajstić information content (AvgIpc) is 2.53. The van der Waals surface area contributed by atoms with Gasteiger partial charge in [0.15, 0.2) is 0 Å². The molecule has 0 aromatic carbocycles. The molecule has 1 fully saturated rings. The third kappa shape index (κ3) is 6.71. The summed E-state index contributed by atoms with van der Waals surface area (Å²) < 4.78 is 6.04. The maximum Gasteiger partial charge on any atom is 0.0266 e. The van der Waals surface area contributed by atoms with Crippen molar-refractivity contribution in [3.05, 3.63) is 0 Å². The van der Waals surface area contributed by atoms with Gasteiger partial charge in [0.1, 0.15) is 0 Å². The third-order valence-electron chi connectivity index (χ3n) is 5.46. The first-order valence-corrected chi connectivity index (χ1v) is 10.6. The highest BCUT2D eigenvalue weighted by molar-refractivity contribution is 7.98. The first kappa shape index (κ1) is 22.6. The van der Waals surface area contributed by atoms with Gasteiger partial charge in [0.05, 0.1) is 0 Å². The van der Waals surface area contributed by atoms with Gasteiger partial charge in [0, 0.05) is 27.9 Å². The van der Waals surface area contributed by atoms with Crippen molar-refractivity contribution in [2.45, 2.75) is 108 Å². The standard InChI is InChI=1S/C19H41N3S2/c1-10-11-15(13-18(4,5)22(9)23)21(8)16-12-17(2,3)20-24-19(6,7)14-16/h15-16,20,23H,10-14H2,1-9H3. The lowest BCUT2D eigenvalue weighted by Gasteiger charge is -2.43. The van der Waals surface area contributed by atoms with E-state index in [0.29, 0.717) is 12.1 Å². The zero-order valence-electron chi connectivity index (χ0n) is 17.4. The summed E-state index contributed by atoms with van der Waals surface area (Å²) in [7, 11) is 4.42. The largest absolute Gasteiger partial charge is 0.300 e. The molecule has 1 rings (SSSR count). The number of hydrogen-bond acceptors (Lipinski definition) is 5. The summed E-state index contributed by atoms with van der Waals surface area (Å²) in [6, 6.07) is 1.20. The molecule has 1 saturated heterocycles. The summed E-state index contributed by atoms with van der Waals surface area (Å²) in [5.41, 5.74) is 0.268. The first-order chi connectivity index (χ1) is 10.8. The number of thiol groups is 1. The second-order valence-corrected chi connectivity index (χ2v) is 11.7. The average molecular weight is 376 g/mol. The van der Waals surface area contributed by atoms with Crippen LogP contribution in [-0.2, 0) is 0 Å². The van der Waals surface area contributed by atoms with E-state index in [-0.39, 0.29) is 15.8 Å². The van der Waals surface area contributed by atoms with E-state index in [1.165, 1.54) is 25.7 Å². The minimum Gasteiger partial charge on any atom is -0.300 e. The SMILES string of the molecule is CCCC(CC(C)(C)N(C)S)N(C)C1CC(C)(C)NSC(C)(C)C1. The number of hydrogen-bond donors (Lipinski definition) is 2. The lowest BCUT2D eigenvalue weighted by atomic mass is 9.86. The molecule has 2 atom stereocenters. The molecule has 1 aliphatic rings. The van der Waals surface area contributed by atoms with Gasteiger partial charge in [-0.25, -0.2) is 0 Å². The molecular formula is C19H41N3S2. The van der Waals surface area contributed by atoms with Gasteiger partial charge in [0.25, 0.3) is 0 Å². The fourth-order valence-electron chi connectivity index (χ4n) is 3.67. The van der Waals surface area contributed by atoms with Crippen LogP contribution < -0.4 is 4.72 Å². The molecule has 0 amide bonds.